The standard InChI is InChI=1S/C28H48O9/c1-3-4-5-6-7-11-17-26(31)36-22-23-37-27(32)18-12-9-8-10-15-25(30)16-13-14-19-28(33)35-21-20-34-24(2)29/h3-23H2,1-2H3. The largest absolute Gasteiger partial charge is 0.462 e. The summed E-state index contributed by atoms with van der Waals surface area (Å²) in [7, 11) is 0. The summed E-state index contributed by atoms with van der Waals surface area (Å²) >= 11 is 0. The third-order valence-corrected chi connectivity index (χ3v) is 5.67. The third-order valence-electron chi connectivity index (χ3n) is 5.67. The minimum Gasteiger partial charge on any atom is -0.462 e. The molecule has 37 heavy (non-hydrogen) atoms. The Morgan fingerprint density at radius 1 is 0.432 bits per heavy atom. The monoisotopic (exact) mass is 528 g/mol. The lowest BCUT2D eigenvalue weighted by molar-refractivity contribution is -0.152. The average Bonchev–Trinajstić information content (AvgIpc) is 2.86. The van der Waals surface area contributed by atoms with Gasteiger partial charge in [0.05, 0.1) is 0 Å². The molecule has 0 aromatic heterocycles. The molecule has 0 spiro atoms. The number of hydrogen-bond acceptors (Lipinski definition) is 9. The number of carbonyl (C=O) groups excluding carboxylic acids is 5. The second-order valence-corrected chi connectivity index (χ2v) is 9.18. The zero-order valence-corrected chi connectivity index (χ0v) is 23.0. The zero-order valence-electron chi connectivity index (χ0n) is 23.0. The van der Waals surface area contributed by atoms with Crippen LogP contribution < -0.4 is 0 Å². The molecule has 0 rings (SSSR count). The quantitative estimate of drug-likeness (QED) is 0.0870. The molecule has 0 saturated carbocycles. The number of carbonyl (C=O) groups is 5. The van der Waals surface area contributed by atoms with Crippen LogP contribution in [0.4, 0.5) is 0 Å². The lowest BCUT2D eigenvalue weighted by atomic mass is 10.0. The normalized spacial score (nSPS) is 10.5. The minimum absolute atomic E-state index is 0.0455. The van der Waals surface area contributed by atoms with Crippen LogP contribution in [0.15, 0.2) is 0 Å². The summed E-state index contributed by atoms with van der Waals surface area (Å²) in [6.07, 6.45) is 13.0. The Morgan fingerprint density at radius 3 is 1.19 bits per heavy atom. The van der Waals surface area contributed by atoms with Crippen LogP contribution in [0.1, 0.15) is 123 Å². The summed E-state index contributed by atoms with van der Waals surface area (Å²) in [5, 5.41) is 0. The van der Waals surface area contributed by atoms with E-state index >= 15 is 0 Å². The third kappa shape index (κ3) is 26.4. The maximum atomic E-state index is 11.9. The number of esters is 4. The molecule has 0 aliphatic heterocycles. The van der Waals surface area contributed by atoms with Gasteiger partial charge in [0.1, 0.15) is 32.2 Å². The van der Waals surface area contributed by atoms with E-state index in [0.717, 1.165) is 38.5 Å². The first-order valence-electron chi connectivity index (χ1n) is 14.0. The van der Waals surface area contributed by atoms with Gasteiger partial charge in [0.25, 0.3) is 0 Å². The Labute approximate surface area is 222 Å². The van der Waals surface area contributed by atoms with Gasteiger partial charge in [0.15, 0.2) is 0 Å². The summed E-state index contributed by atoms with van der Waals surface area (Å²) in [6, 6.07) is 0. The number of rotatable bonds is 25. The van der Waals surface area contributed by atoms with Crippen LogP contribution in [0.3, 0.4) is 0 Å². The lowest BCUT2D eigenvalue weighted by Gasteiger charge is -2.07. The molecule has 0 N–H and O–H groups in total. The molecule has 0 heterocycles. The highest BCUT2D eigenvalue weighted by molar-refractivity contribution is 5.78. The molecule has 0 unspecified atom stereocenters. The van der Waals surface area contributed by atoms with E-state index in [0.29, 0.717) is 44.9 Å². The van der Waals surface area contributed by atoms with Crippen LogP contribution in [0, 0.1) is 0 Å². The van der Waals surface area contributed by atoms with Crippen molar-refractivity contribution in [3.05, 3.63) is 0 Å². The SMILES string of the molecule is CCCCCCCCC(=O)OCCOC(=O)CCCCCCC(=O)CCCCC(=O)OCCOC(C)=O. The Morgan fingerprint density at radius 2 is 0.757 bits per heavy atom. The van der Waals surface area contributed by atoms with Gasteiger partial charge in [-0.3, -0.25) is 24.0 Å². The predicted molar refractivity (Wildman–Crippen MR) is 139 cm³/mol. The molecule has 0 bridgehead atoms. The highest BCUT2D eigenvalue weighted by Crippen LogP contribution is 2.10. The summed E-state index contributed by atoms with van der Waals surface area (Å²) < 4.78 is 19.8. The lowest BCUT2D eigenvalue weighted by Crippen LogP contribution is -2.13. The van der Waals surface area contributed by atoms with E-state index in [1.54, 1.807) is 0 Å². The van der Waals surface area contributed by atoms with Gasteiger partial charge >= 0.3 is 23.9 Å². The number of ether oxygens (including phenoxy) is 4. The Hall–Kier alpha value is -2.45. The summed E-state index contributed by atoms with van der Waals surface area (Å²) in [4.78, 5) is 57.4. The smallest absolute Gasteiger partial charge is 0.305 e. The fraction of sp³-hybridized carbons (Fsp3) is 0.821. The van der Waals surface area contributed by atoms with Crippen molar-refractivity contribution in [3.8, 4) is 0 Å². The Kier molecular flexibility index (Phi) is 23.5. The van der Waals surface area contributed by atoms with Crippen LogP contribution in [-0.2, 0) is 42.9 Å². The summed E-state index contributed by atoms with van der Waals surface area (Å²) in [6.45, 7) is 3.74. The van der Waals surface area contributed by atoms with Crippen LogP contribution in [0.5, 0.6) is 0 Å². The molecule has 0 fully saturated rings. The highest BCUT2D eigenvalue weighted by atomic mass is 16.6. The van der Waals surface area contributed by atoms with E-state index in [9.17, 15) is 24.0 Å². The minimum atomic E-state index is -0.415. The number of unbranched alkanes of at least 4 members (excludes halogenated alkanes) is 9. The molecule has 0 aromatic rings. The number of ketones is 1. The van der Waals surface area contributed by atoms with E-state index in [1.165, 1.54) is 26.2 Å². The maximum absolute atomic E-state index is 11.9. The fourth-order valence-electron chi connectivity index (χ4n) is 3.58. The molecule has 0 saturated heterocycles. The van der Waals surface area contributed by atoms with Crippen molar-refractivity contribution in [1.82, 2.24) is 0 Å². The fourth-order valence-corrected chi connectivity index (χ4v) is 3.58. The molecule has 0 radical (unpaired) electrons. The van der Waals surface area contributed by atoms with Gasteiger partial charge in [0, 0.05) is 39.0 Å². The molecule has 0 atom stereocenters. The molecular weight excluding hydrogens is 480 g/mol. The molecule has 0 aliphatic rings. The Balaban J connectivity index is 3.47. The maximum Gasteiger partial charge on any atom is 0.305 e. The zero-order chi connectivity index (χ0) is 27.6. The molecule has 214 valence electrons. The predicted octanol–water partition coefficient (Wildman–Crippen LogP) is 5.40. The van der Waals surface area contributed by atoms with Gasteiger partial charge in [-0.15, -0.1) is 0 Å². The number of Topliss-reactive ketones (excluding diaryl/α,β-unsaturated/α-hetero) is 1. The first-order valence-corrected chi connectivity index (χ1v) is 14.0. The van der Waals surface area contributed by atoms with Gasteiger partial charge in [-0.2, -0.15) is 0 Å². The van der Waals surface area contributed by atoms with Crippen molar-refractivity contribution in [3.63, 3.8) is 0 Å². The molecular formula is C28H48O9. The van der Waals surface area contributed by atoms with Crippen molar-refractivity contribution in [2.24, 2.45) is 0 Å². The average molecular weight is 529 g/mol. The topological polar surface area (TPSA) is 122 Å². The first-order chi connectivity index (χ1) is 17.8. The summed E-state index contributed by atoms with van der Waals surface area (Å²) in [5.74, 6) is -1.14. The van der Waals surface area contributed by atoms with Gasteiger partial charge < -0.3 is 18.9 Å². The van der Waals surface area contributed by atoms with Crippen LogP contribution in [0.25, 0.3) is 0 Å². The van der Waals surface area contributed by atoms with Crippen molar-refractivity contribution < 1.29 is 42.9 Å². The van der Waals surface area contributed by atoms with Crippen LogP contribution >= 0.6 is 0 Å². The van der Waals surface area contributed by atoms with E-state index < -0.39 is 5.97 Å². The Bertz CT molecular complexity index is 646. The van der Waals surface area contributed by atoms with Gasteiger partial charge in [-0.05, 0) is 32.1 Å². The van der Waals surface area contributed by atoms with Crippen LogP contribution in [0.2, 0.25) is 0 Å². The van der Waals surface area contributed by atoms with Gasteiger partial charge in [0.2, 0.25) is 0 Å². The van der Waals surface area contributed by atoms with E-state index in [-0.39, 0.29) is 56.5 Å². The number of hydrogen-bond donors (Lipinski definition) is 0. The molecule has 9 heteroatoms. The van der Waals surface area contributed by atoms with Crippen molar-refractivity contribution >= 4 is 29.7 Å². The van der Waals surface area contributed by atoms with E-state index in [4.69, 9.17) is 14.2 Å². The molecule has 0 aromatic carbocycles. The van der Waals surface area contributed by atoms with Gasteiger partial charge in [-0.25, -0.2) is 0 Å². The van der Waals surface area contributed by atoms with Crippen molar-refractivity contribution in [2.45, 2.75) is 123 Å². The van der Waals surface area contributed by atoms with Gasteiger partial charge in [-0.1, -0.05) is 51.9 Å². The molecule has 0 aliphatic carbocycles. The van der Waals surface area contributed by atoms with Crippen molar-refractivity contribution in [1.29, 1.82) is 0 Å². The van der Waals surface area contributed by atoms with Crippen LogP contribution in [-0.4, -0.2) is 56.1 Å². The molecule has 0 amide bonds. The van der Waals surface area contributed by atoms with Crippen molar-refractivity contribution in [2.75, 3.05) is 26.4 Å². The second kappa shape index (κ2) is 25.2. The summed E-state index contributed by atoms with van der Waals surface area (Å²) in [5.41, 5.74) is 0. The van der Waals surface area contributed by atoms with E-state index in [2.05, 4.69) is 11.7 Å². The first kappa shape index (κ1) is 34.6. The molecule has 9 nitrogen and oxygen atoms in total. The highest BCUT2D eigenvalue weighted by Gasteiger charge is 2.08. The van der Waals surface area contributed by atoms with E-state index in [1.807, 2.05) is 0 Å². The second-order valence-electron chi connectivity index (χ2n) is 9.18.